The van der Waals surface area contributed by atoms with Gasteiger partial charge in [-0.15, -0.1) is 11.3 Å². The molecular formula is C16H12N2O3S2. The Balaban J connectivity index is 2.10. The van der Waals surface area contributed by atoms with Crippen molar-refractivity contribution in [1.29, 1.82) is 10.5 Å². The van der Waals surface area contributed by atoms with E-state index in [1.54, 1.807) is 30.3 Å². The van der Waals surface area contributed by atoms with Gasteiger partial charge < -0.3 is 4.74 Å². The SMILES string of the molecule is CS(=O)(=O)/C(C#N)=C/c1ccc(OCc2ccsc2C#N)cc1. The van der Waals surface area contributed by atoms with Crippen molar-refractivity contribution in [2.45, 2.75) is 6.61 Å². The first-order chi connectivity index (χ1) is 10.9. The van der Waals surface area contributed by atoms with Gasteiger partial charge in [0.05, 0.1) is 0 Å². The summed E-state index contributed by atoms with van der Waals surface area (Å²) in [5.41, 5.74) is 1.41. The highest BCUT2D eigenvalue weighted by Crippen LogP contribution is 2.20. The zero-order valence-electron chi connectivity index (χ0n) is 12.2. The van der Waals surface area contributed by atoms with Crippen molar-refractivity contribution in [2.75, 3.05) is 6.26 Å². The zero-order valence-corrected chi connectivity index (χ0v) is 13.8. The lowest BCUT2D eigenvalue weighted by atomic mass is 10.2. The smallest absolute Gasteiger partial charge is 0.185 e. The van der Waals surface area contributed by atoms with Crippen LogP contribution < -0.4 is 4.74 Å². The Morgan fingerprint density at radius 2 is 1.96 bits per heavy atom. The zero-order chi connectivity index (χ0) is 16.9. The average Bonchev–Trinajstić information content (AvgIpc) is 2.98. The van der Waals surface area contributed by atoms with Crippen LogP contribution in [0.15, 0.2) is 40.6 Å². The lowest BCUT2D eigenvalue weighted by Crippen LogP contribution is -1.98. The summed E-state index contributed by atoms with van der Waals surface area (Å²) in [7, 11) is -3.53. The second-order valence-corrected chi connectivity index (χ2v) is 7.54. The molecule has 0 spiro atoms. The molecule has 1 heterocycles. The third kappa shape index (κ3) is 4.43. The summed E-state index contributed by atoms with van der Waals surface area (Å²) in [6, 6.07) is 12.3. The standard InChI is InChI=1S/C16H12N2O3S2/c1-23(19,20)15(9-17)8-12-2-4-14(5-3-12)21-11-13-6-7-22-16(13)10-18/h2-8H,11H2,1H3/b15-8+. The lowest BCUT2D eigenvalue weighted by Gasteiger charge is -2.05. The number of sulfone groups is 1. The maximum atomic E-state index is 11.4. The molecule has 116 valence electrons. The average molecular weight is 344 g/mol. The van der Waals surface area contributed by atoms with Crippen LogP contribution in [0, 0.1) is 22.7 Å². The summed E-state index contributed by atoms with van der Waals surface area (Å²) in [5, 5.41) is 19.6. The van der Waals surface area contributed by atoms with Crippen LogP contribution in [-0.4, -0.2) is 14.7 Å². The molecule has 0 aliphatic carbocycles. The minimum atomic E-state index is -3.53. The quantitative estimate of drug-likeness (QED) is 0.777. The van der Waals surface area contributed by atoms with E-state index in [9.17, 15) is 8.42 Å². The van der Waals surface area contributed by atoms with Gasteiger partial charge in [-0.2, -0.15) is 10.5 Å². The maximum absolute atomic E-state index is 11.4. The fraction of sp³-hybridized carbons (Fsp3) is 0.125. The van der Waals surface area contributed by atoms with E-state index in [1.807, 2.05) is 11.4 Å². The summed E-state index contributed by atoms with van der Waals surface area (Å²) in [6.07, 6.45) is 2.30. The molecule has 23 heavy (non-hydrogen) atoms. The highest BCUT2D eigenvalue weighted by atomic mass is 32.2. The lowest BCUT2D eigenvalue weighted by molar-refractivity contribution is 0.306. The van der Waals surface area contributed by atoms with Crippen LogP contribution in [0.3, 0.4) is 0 Å². The molecule has 2 aromatic rings. The van der Waals surface area contributed by atoms with Gasteiger partial charge in [-0.05, 0) is 35.2 Å². The van der Waals surface area contributed by atoms with Crippen LogP contribution in [0.4, 0.5) is 0 Å². The van der Waals surface area contributed by atoms with Crippen LogP contribution in [0.25, 0.3) is 6.08 Å². The van der Waals surface area contributed by atoms with Gasteiger partial charge in [-0.3, -0.25) is 0 Å². The van der Waals surface area contributed by atoms with Gasteiger partial charge in [0.15, 0.2) is 9.84 Å². The van der Waals surface area contributed by atoms with Crippen LogP contribution >= 0.6 is 11.3 Å². The first-order valence-electron chi connectivity index (χ1n) is 6.45. The van der Waals surface area contributed by atoms with Crippen LogP contribution in [0.2, 0.25) is 0 Å². The third-order valence-corrected chi connectivity index (χ3v) is 4.80. The Labute approximate surface area is 138 Å². The second kappa shape index (κ2) is 7.10. The molecule has 0 unspecified atom stereocenters. The van der Waals surface area contributed by atoms with Gasteiger partial charge in [-0.25, -0.2) is 8.42 Å². The maximum Gasteiger partial charge on any atom is 0.185 e. The first kappa shape index (κ1) is 16.8. The molecule has 7 heteroatoms. The summed E-state index contributed by atoms with van der Waals surface area (Å²) >= 11 is 1.36. The minimum Gasteiger partial charge on any atom is -0.489 e. The van der Waals surface area contributed by atoms with Gasteiger partial charge in [-0.1, -0.05) is 12.1 Å². The molecule has 0 radical (unpaired) electrons. The summed E-state index contributed by atoms with van der Waals surface area (Å²) in [5.74, 6) is 0.593. The van der Waals surface area contributed by atoms with Crippen molar-refractivity contribution < 1.29 is 13.2 Å². The number of allylic oxidation sites excluding steroid dienone is 1. The van der Waals surface area contributed by atoms with E-state index in [0.717, 1.165) is 11.8 Å². The Bertz CT molecular complexity index is 911. The first-order valence-corrected chi connectivity index (χ1v) is 9.22. The minimum absolute atomic E-state index is 0.286. The molecule has 0 aliphatic heterocycles. The van der Waals surface area contributed by atoms with Crippen LogP contribution in [0.5, 0.6) is 5.75 Å². The second-order valence-electron chi connectivity index (χ2n) is 4.64. The van der Waals surface area contributed by atoms with Crippen LogP contribution in [-0.2, 0) is 16.4 Å². The van der Waals surface area contributed by atoms with Gasteiger partial charge >= 0.3 is 0 Å². The molecule has 0 fully saturated rings. The molecule has 1 aromatic carbocycles. The summed E-state index contributed by atoms with van der Waals surface area (Å²) in [4.78, 5) is 0.333. The topological polar surface area (TPSA) is 90.9 Å². The molecule has 0 amide bonds. The fourth-order valence-corrected chi connectivity index (χ4v) is 2.96. The van der Waals surface area contributed by atoms with Crippen molar-refractivity contribution in [1.82, 2.24) is 0 Å². The Kier molecular flexibility index (Phi) is 5.17. The number of nitriles is 2. The van der Waals surface area contributed by atoms with Gasteiger partial charge in [0.25, 0.3) is 0 Å². The number of nitrogens with zero attached hydrogens (tertiary/aromatic N) is 2. The monoisotopic (exact) mass is 344 g/mol. The molecule has 2 rings (SSSR count). The Morgan fingerprint density at radius 3 is 2.52 bits per heavy atom. The molecular weight excluding hydrogens is 332 g/mol. The van der Waals surface area contributed by atoms with E-state index in [-0.39, 0.29) is 11.5 Å². The predicted molar refractivity (Wildman–Crippen MR) is 88.2 cm³/mol. The Hall–Kier alpha value is -2.61. The van der Waals surface area contributed by atoms with Gasteiger partial charge in [0.1, 0.15) is 34.3 Å². The van der Waals surface area contributed by atoms with Crippen molar-refractivity contribution in [3.8, 4) is 17.9 Å². The number of thiophene rings is 1. The van der Waals surface area contributed by atoms with Crippen molar-refractivity contribution in [3.05, 3.63) is 56.6 Å². The molecule has 0 aliphatic rings. The molecule has 0 bridgehead atoms. The number of rotatable bonds is 5. The van der Waals surface area contributed by atoms with Crippen molar-refractivity contribution >= 4 is 27.3 Å². The number of benzene rings is 1. The van der Waals surface area contributed by atoms with E-state index in [1.165, 1.54) is 17.4 Å². The third-order valence-electron chi connectivity index (χ3n) is 2.93. The van der Waals surface area contributed by atoms with E-state index in [4.69, 9.17) is 15.3 Å². The molecule has 5 nitrogen and oxygen atoms in total. The fourth-order valence-electron chi connectivity index (χ4n) is 1.74. The van der Waals surface area contributed by atoms with E-state index < -0.39 is 9.84 Å². The van der Waals surface area contributed by atoms with Crippen molar-refractivity contribution in [3.63, 3.8) is 0 Å². The highest BCUT2D eigenvalue weighted by Gasteiger charge is 2.10. The highest BCUT2D eigenvalue weighted by molar-refractivity contribution is 7.95. The normalized spacial score (nSPS) is 11.5. The summed E-state index contributed by atoms with van der Waals surface area (Å²) < 4.78 is 28.4. The van der Waals surface area contributed by atoms with E-state index in [0.29, 0.717) is 16.2 Å². The largest absolute Gasteiger partial charge is 0.489 e. The predicted octanol–water partition coefficient (Wildman–Crippen LogP) is 3.11. The number of hydrogen-bond donors (Lipinski definition) is 0. The Morgan fingerprint density at radius 1 is 1.26 bits per heavy atom. The molecule has 0 saturated carbocycles. The van der Waals surface area contributed by atoms with Gasteiger partial charge in [0.2, 0.25) is 0 Å². The molecule has 0 N–H and O–H groups in total. The molecule has 1 aromatic heterocycles. The van der Waals surface area contributed by atoms with E-state index >= 15 is 0 Å². The molecule has 0 atom stereocenters. The number of ether oxygens (including phenoxy) is 1. The number of hydrogen-bond acceptors (Lipinski definition) is 6. The van der Waals surface area contributed by atoms with Gasteiger partial charge in [0, 0.05) is 11.8 Å². The van der Waals surface area contributed by atoms with Crippen molar-refractivity contribution in [2.24, 2.45) is 0 Å². The van der Waals surface area contributed by atoms with Crippen LogP contribution in [0.1, 0.15) is 16.0 Å². The molecule has 0 saturated heterocycles. The van der Waals surface area contributed by atoms with E-state index in [2.05, 4.69) is 6.07 Å². The summed E-state index contributed by atoms with van der Waals surface area (Å²) in [6.45, 7) is 0.286.